The molecule has 82 valence electrons. The summed E-state index contributed by atoms with van der Waals surface area (Å²) in [5, 5.41) is 0. The number of pyridine rings is 1. The summed E-state index contributed by atoms with van der Waals surface area (Å²) in [6.07, 6.45) is 3.13. The first kappa shape index (κ1) is 11.3. The van der Waals surface area contributed by atoms with Crippen LogP contribution < -0.4 is 4.90 Å². The smallest absolute Gasteiger partial charge is 0.128 e. The zero-order chi connectivity index (χ0) is 10.7. The van der Waals surface area contributed by atoms with Gasteiger partial charge in [-0.2, -0.15) is 11.8 Å². The van der Waals surface area contributed by atoms with Crippen molar-refractivity contribution < 1.29 is 0 Å². The molecule has 1 unspecified atom stereocenters. The van der Waals surface area contributed by atoms with Crippen molar-refractivity contribution >= 4 is 33.5 Å². The maximum atomic E-state index is 4.46. The van der Waals surface area contributed by atoms with E-state index < -0.39 is 0 Å². The predicted molar refractivity (Wildman–Crippen MR) is 70.7 cm³/mol. The van der Waals surface area contributed by atoms with Crippen LogP contribution in [0.4, 0.5) is 5.82 Å². The van der Waals surface area contributed by atoms with Gasteiger partial charge >= 0.3 is 0 Å². The summed E-state index contributed by atoms with van der Waals surface area (Å²) in [7, 11) is 0. The zero-order valence-corrected chi connectivity index (χ0v) is 11.2. The Labute approximate surface area is 104 Å². The number of aromatic nitrogens is 1. The van der Waals surface area contributed by atoms with Crippen LogP contribution in [0.2, 0.25) is 0 Å². The van der Waals surface area contributed by atoms with Crippen LogP contribution >= 0.6 is 27.7 Å². The van der Waals surface area contributed by atoms with Gasteiger partial charge in [0.15, 0.2) is 0 Å². The van der Waals surface area contributed by atoms with Gasteiger partial charge < -0.3 is 4.90 Å². The lowest BCUT2D eigenvalue weighted by Crippen LogP contribution is -2.34. The van der Waals surface area contributed by atoms with Crippen molar-refractivity contribution in [3.63, 3.8) is 0 Å². The van der Waals surface area contributed by atoms with Gasteiger partial charge in [-0.25, -0.2) is 4.98 Å². The molecule has 0 radical (unpaired) electrons. The summed E-state index contributed by atoms with van der Waals surface area (Å²) in [5.74, 6) is 3.59. The number of hydrogen-bond donors (Lipinski definition) is 0. The summed E-state index contributed by atoms with van der Waals surface area (Å²) < 4.78 is 1.04. The Hall–Kier alpha value is -0.220. The van der Waals surface area contributed by atoms with Crippen LogP contribution in [-0.2, 0) is 0 Å². The van der Waals surface area contributed by atoms with Crippen molar-refractivity contribution in [3.8, 4) is 0 Å². The number of anilines is 1. The Morgan fingerprint density at radius 1 is 1.47 bits per heavy atom. The van der Waals surface area contributed by atoms with Crippen LogP contribution in [0.5, 0.6) is 0 Å². The summed E-state index contributed by atoms with van der Waals surface area (Å²) in [6, 6.07) is 4.76. The molecule has 1 aliphatic rings. The van der Waals surface area contributed by atoms with E-state index in [2.05, 4.69) is 44.9 Å². The van der Waals surface area contributed by atoms with Crippen molar-refractivity contribution in [2.75, 3.05) is 23.0 Å². The van der Waals surface area contributed by atoms with Crippen molar-refractivity contribution in [2.45, 2.75) is 19.4 Å². The molecule has 1 atom stereocenters. The number of thioether (sulfide) groups is 1. The molecule has 1 saturated heterocycles. The Morgan fingerprint density at radius 2 is 2.33 bits per heavy atom. The summed E-state index contributed by atoms with van der Waals surface area (Å²) in [6.45, 7) is 3.40. The second kappa shape index (κ2) is 5.21. The Bertz CT molecular complexity index is 315. The van der Waals surface area contributed by atoms with Gasteiger partial charge in [0, 0.05) is 29.0 Å². The van der Waals surface area contributed by atoms with E-state index >= 15 is 0 Å². The lowest BCUT2D eigenvalue weighted by Gasteiger charge is -2.27. The van der Waals surface area contributed by atoms with E-state index in [0.717, 1.165) is 16.8 Å². The van der Waals surface area contributed by atoms with E-state index in [0.29, 0.717) is 6.04 Å². The molecule has 0 saturated carbocycles. The average Bonchev–Trinajstić information content (AvgIpc) is 2.44. The van der Waals surface area contributed by atoms with Gasteiger partial charge in [0.1, 0.15) is 5.82 Å². The van der Waals surface area contributed by atoms with E-state index in [1.807, 2.05) is 18.0 Å². The average molecular weight is 287 g/mol. The molecule has 0 spiro atoms. The standard InChI is InChI=1S/C11H15BrN2S/c1-9-4-6-15-7-5-14(9)11-3-2-10(12)8-13-11/h2-3,8-9H,4-7H2,1H3. The molecule has 0 aliphatic carbocycles. The second-order valence-electron chi connectivity index (χ2n) is 3.78. The predicted octanol–water partition coefficient (Wildman–Crippen LogP) is 3.18. The molecule has 1 aliphatic heterocycles. The number of halogens is 1. The van der Waals surface area contributed by atoms with Gasteiger partial charge in [-0.05, 0) is 47.2 Å². The summed E-state index contributed by atoms with van der Waals surface area (Å²) >= 11 is 5.46. The molecule has 0 bridgehead atoms. The molecule has 0 N–H and O–H groups in total. The fourth-order valence-electron chi connectivity index (χ4n) is 1.77. The highest BCUT2D eigenvalue weighted by atomic mass is 79.9. The molecule has 0 amide bonds. The van der Waals surface area contributed by atoms with Crippen LogP contribution in [-0.4, -0.2) is 29.1 Å². The van der Waals surface area contributed by atoms with E-state index in [9.17, 15) is 0 Å². The highest BCUT2D eigenvalue weighted by molar-refractivity contribution is 9.10. The van der Waals surface area contributed by atoms with Gasteiger partial charge in [-0.3, -0.25) is 0 Å². The molecule has 2 heterocycles. The third-order valence-corrected chi connectivity index (χ3v) is 4.16. The van der Waals surface area contributed by atoms with Gasteiger partial charge in [-0.1, -0.05) is 0 Å². The van der Waals surface area contributed by atoms with Crippen LogP contribution in [0, 0.1) is 0 Å². The Kier molecular flexibility index (Phi) is 3.92. The van der Waals surface area contributed by atoms with Crippen LogP contribution in [0.1, 0.15) is 13.3 Å². The van der Waals surface area contributed by atoms with E-state index in [-0.39, 0.29) is 0 Å². The first-order valence-electron chi connectivity index (χ1n) is 5.23. The Morgan fingerprint density at radius 3 is 3.07 bits per heavy atom. The highest BCUT2D eigenvalue weighted by Gasteiger charge is 2.17. The fourth-order valence-corrected chi connectivity index (χ4v) is 3.05. The highest BCUT2D eigenvalue weighted by Crippen LogP contribution is 2.22. The van der Waals surface area contributed by atoms with Crippen molar-refractivity contribution in [1.82, 2.24) is 4.98 Å². The summed E-state index contributed by atoms with van der Waals surface area (Å²) in [4.78, 5) is 6.87. The number of rotatable bonds is 1. The number of hydrogen-bond acceptors (Lipinski definition) is 3. The van der Waals surface area contributed by atoms with Gasteiger partial charge in [0.05, 0.1) is 0 Å². The van der Waals surface area contributed by atoms with E-state index in [4.69, 9.17) is 0 Å². The summed E-state index contributed by atoms with van der Waals surface area (Å²) in [5.41, 5.74) is 0. The monoisotopic (exact) mass is 286 g/mol. The second-order valence-corrected chi connectivity index (χ2v) is 5.92. The molecule has 4 heteroatoms. The maximum Gasteiger partial charge on any atom is 0.128 e. The number of nitrogens with zero attached hydrogens (tertiary/aromatic N) is 2. The minimum Gasteiger partial charge on any atom is -0.353 e. The van der Waals surface area contributed by atoms with Crippen LogP contribution in [0.3, 0.4) is 0 Å². The van der Waals surface area contributed by atoms with Gasteiger partial charge in [0.25, 0.3) is 0 Å². The molecular formula is C11H15BrN2S. The first-order valence-corrected chi connectivity index (χ1v) is 7.18. The molecule has 1 fully saturated rings. The fraction of sp³-hybridized carbons (Fsp3) is 0.545. The first-order chi connectivity index (χ1) is 7.27. The third kappa shape index (κ3) is 2.88. The van der Waals surface area contributed by atoms with Crippen LogP contribution in [0.15, 0.2) is 22.8 Å². The normalized spacial score (nSPS) is 22.5. The van der Waals surface area contributed by atoms with E-state index in [1.54, 1.807) is 0 Å². The molecule has 2 rings (SSSR count). The SMILES string of the molecule is CC1CCSCCN1c1ccc(Br)cn1. The lowest BCUT2D eigenvalue weighted by atomic mass is 10.2. The van der Waals surface area contributed by atoms with Gasteiger partial charge in [-0.15, -0.1) is 0 Å². The van der Waals surface area contributed by atoms with Crippen LogP contribution in [0.25, 0.3) is 0 Å². The molecule has 15 heavy (non-hydrogen) atoms. The molecule has 1 aromatic heterocycles. The molecule has 1 aromatic rings. The van der Waals surface area contributed by atoms with Crippen molar-refractivity contribution in [1.29, 1.82) is 0 Å². The largest absolute Gasteiger partial charge is 0.353 e. The molecule has 2 nitrogen and oxygen atoms in total. The topological polar surface area (TPSA) is 16.1 Å². The van der Waals surface area contributed by atoms with E-state index in [1.165, 1.54) is 17.9 Å². The van der Waals surface area contributed by atoms with Crippen molar-refractivity contribution in [3.05, 3.63) is 22.8 Å². The lowest BCUT2D eigenvalue weighted by molar-refractivity contribution is 0.638. The zero-order valence-electron chi connectivity index (χ0n) is 8.82. The van der Waals surface area contributed by atoms with Gasteiger partial charge in [0.2, 0.25) is 0 Å². The molecule has 0 aromatic carbocycles. The van der Waals surface area contributed by atoms with Crippen molar-refractivity contribution in [2.24, 2.45) is 0 Å². The minimum absolute atomic E-state index is 0.605. The third-order valence-electron chi connectivity index (χ3n) is 2.69. The minimum atomic E-state index is 0.605. The quantitative estimate of drug-likeness (QED) is 0.789. The molecular weight excluding hydrogens is 272 g/mol. The Balaban J connectivity index is 2.16. The maximum absolute atomic E-state index is 4.46.